The van der Waals surface area contributed by atoms with Gasteiger partial charge in [-0.15, -0.1) is 0 Å². The zero-order valence-electron chi connectivity index (χ0n) is 15.8. The first-order valence-corrected chi connectivity index (χ1v) is 9.24. The topological polar surface area (TPSA) is 128 Å². The van der Waals surface area contributed by atoms with E-state index in [0.717, 1.165) is 22.6 Å². The fourth-order valence-electron chi connectivity index (χ4n) is 3.32. The number of ether oxygens (including phenoxy) is 2. The molecule has 0 bridgehead atoms. The van der Waals surface area contributed by atoms with E-state index < -0.39 is 29.2 Å². The first kappa shape index (κ1) is 19.4. The number of rotatable bonds is 6. The van der Waals surface area contributed by atoms with Gasteiger partial charge in [0, 0.05) is 18.7 Å². The molecule has 2 aliphatic heterocycles. The highest BCUT2D eigenvalue weighted by Crippen LogP contribution is 2.31. The molecule has 0 atom stereocenters. The largest absolute Gasteiger partial charge is 0.486 e. The van der Waals surface area contributed by atoms with Crippen LogP contribution < -0.4 is 14.8 Å². The van der Waals surface area contributed by atoms with Crippen LogP contribution in [0.15, 0.2) is 36.4 Å². The predicted molar refractivity (Wildman–Crippen MR) is 103 cm³/mol. The van der Waals surface area contributed by atoms with Crippen molar-refractivity contribution in [2.45, 2.75) is 6.42 Å². The second-order valence-corrected chi connectivity index (χ2v) is 6.76. The Bertz CT molecular complexity index is 1070. The van der Waals surface area contributed by atoms with Crippen molar-refractivity contribution in [3.63, 3.8) is 0 Å². The molecule has 4 rings (SSSR count). The maximum atomic E-state index is 12.4. The van der Waals surface area contributed by atoms with Gasteiger partial charge in [-0.2, -0.15) is 0 Å². The molecule has 2 heterocycles. The van der Waals surface area contributed by atoms with Gasteiger partial charge in [-0.25, -0.2) is 0 Å². The van der Waals surface area contributed by atoms with Crippen molar-refractivity contribution in [1.29, 1.82) is 0 Å². The van der Waals surface area contributed by atoms with Crippen molar-refractivity contribution in [2.24, 2.45) is 0 Å². The lowest BCUT2D eigenvalue weighted by molar-refractivity contribution is -0.384. The van der Waals surface area contributed by atoms with E-state index in [0.29, 0.717) is 37.7 Å². The van der Waals surface area contributed by atoms with E-state index >= 15 is 0 Å². The molecule has 0 spiro atoms. The average molecular weight is 411 g/mol. The highest BCUT2D eigenvalue weighted by atomic mass is 16.6. The van der Waals surface area contributed by atoms with Crippen LogP contribution >= 0.6 is 0 Å². The normalized spacial score (nSPS) is 14.5. The first-order chi connectivity index (χ1) is 14.4. The van der Waals surface area contributed by atoms with Crippen LogP contribution in [0, 0.1) is 10.1 Å². The van der Waals surface area contributed by atoms with E-state index in [1.165, 1.54) is 6.07 Å². The van der Waals surface area contributed by atoms with Gasteiger partial charge in [0.25, 0.3) is 17.5 Å². The molecule has 30 heavy (non-hydrogen) atoms. The molecule has 0 saturated carbocycles. The van der Waals surface area contributed by atoms with Crippen molar-refractivity contribution < 1.29 is 28.8 Å². The summed E-state index contributed by atoms with van der Waals surface area (Å²) < 4.78 is 11.0. The van der Waals surface area contributed by atoms with Crippen LogP contribution in [0.3, 0.4) is 0 Å². The van der Waals surface area contributed by atoms with Crippen LogP contribution in [0.25, 0.3) is 0 Å². The van der Waals surface area contributed by atoms with Gasteiger partial charge in [-0.05, 0) is 30.2 Å². The fraction of sp³-hybridized carbons (Fsp3) is 0.250. The molecule has 0 unspecified atom stereocenters. The monoisotopic (exact) mass is 411 g/mol. The SMILES string of the molecule is O=C(CN1C(=O)c2ccc([N+](=O)[O-])cc2C1=O)NCCc1ccc2c(c1)OCCO2. The minimum absolute atomic E-state index is 0.0506. The summed E-state index contributed by atoms with van der Waals surface area (Å²) in [5.41, 5.74) is 0.626. The molecule has 1 N–H and O–H groups in total. The molecule has 154 valence electrons. The van der Waals surface area contributed by atoms with Gasteiger partial charge in [0.2, 0.25) is 5.91 Å². The lowest BCUT2D eigenvalue weighted by Gasteiger charge is -2.19. The van der Waals surface area contributed by atoms with Gasteiger partial charge in [0.15, 0.2) is 11.5 Å². The molecular formula is C20H17N3O7. The summed E-state index contributed by atoms with van der Waals surface area (Å²) in [7, 11) is 0. The molecule has 2 aromatic carbocycles. The van der Waals surface area contributed by atoms with Gasteiger partial charge in [-0.3, -0.25) is 29.4 Å². The summed E-state index contributed by atoms with van der Waals surface area (Å²) in [4.78, 5) is 48.1. The number of benzene rings is 2. The lowest BCUT2D eigenvalue weighted by atomic mass is 10.1. The van der Waals surface area contributed by atoms with Crippen molar-refractivity contribution >= 4 is 23.4 Å². The van der Waals surface area contributed by atoms with Crippen LogP contribution in [0.2, 0.25) is 0 Å². The Morgan fingerprint density at radius 2 is 1.77 bits per heavy atom. The predicted octanol–water partition coefficient (Wildman–Crippen LogP) is 1.32. The Morgan fingerprint density at radius 1 is 1.03 bits per heavy atom. The second-order valence-electron chi connectivity index (χ2n) is 6.76. The van der Waals surface area contributed by atoms with Crippen LogP contribution in [0.1, 0.15) is 26.3 Å². The number of hydrogen-bond donors (Lipinski definition) is 1. The van der Waals surface area contributed by atoms with Crippen LogP contribution in [-0.4, -0.2) is 53.8 Å². The summed E-state index contributed by atoms with van der Waals surface area (Å²) in [6.45, 7) is 0.832. The number of non-ortho nitro benzene ring substituents is 1. The number of nitro groups is 1. The molecule has 10 nitrogen and oxygen atoms in total. The smallest absolute Gasteiger partial charge is 0.270 e. The summed E-state index contributed by atoms with van der Waals surface area (Å²) >= 11 is 0. The van der Waals surface area contributed by atoms with Gasteiger partial charge in [0.05, 0.1) is 16.1 Å². The quantitative estimate of drug-likeness (QED) is 0.431. The fourth-order valence-corrected chi connectivity index (χ4v) is 3.32. The van der Waals surface area contributed by atoms with Gasteiger partial charge < -0.3 is 14.8 Å². The van der Waals surface area contributed by atoms with Crippen LogP contribution in [0.4, 0.5) is 5.69 Å². The number of hydrogen-bond acceptors (Lipinski definition) is 7. The summed E-state index contributed by atoms with van der Waals surface area (Å²) in [6, 6.07) is 8.96. The number of nitro benzene ring substituents is 1. The number of fused-ring (bicyclic) bond motifs is 2. The third-order valence-corrected chi connectivity index (χ3v) is 4.81. The van der Waals surface area contributed by atoms with Gasteiger partial charge in [-0.1, -0.05) is 6.07 Å². The third-order valence-electron chi connectivity index (χ3n) is 4.81. The maximum Gasteiger partial charge on any atom is 0.270 e. The van der Waals surface area contributed by atoms with Crippen molar-refractivity contribution in [3.05, 3.63) is 63.2 Å². The minimum atomic E-state index is -0.722. The Labute approximate surface area is 170 Å². The Hall–Kier alpha value is -3.95. The van der Waals surface area contributed by atoms with Crippen LogP contribution in [-0.2, 0) is 11.2 Å². The molecule has 3 amide bonds. The highest BCUT2D eigenvalue weighted by Gasteiger charge is 2.37. The zero-order valence-corrected chi connectivity index (χ0v) is 15.8. The van der Waals surface area contributed by atoms with Crippen molar-refractivity contribution in [2.75, 3.05) is 26.3 Å². The summed E-state index contributed by atoms with van der Waals surface area (Å²) in [5, 5.41) is 13.5. The van der Waals surface area contributed by atoms with E-state index in [-0.39, 0.29) is 16.8 Å². The highest BCUT2D eigenvalue weighted by molar-refractivity contribution is 6.22. The number of nitrogens with zero attached hydrogens (tertiary/aromatic N) is 2. The number of carbonyl (C=O) groups excluding carboxylic acids is 3. The Balaban J connectivity index is 1.33. The number of imide groups is 1. The second kappa shape index (κ2) is 7.82. The summed E-state index contributed by atoms with van der Waals surface area (Å²) in [5.74, 6) is -0.533. The molecule has 2 aromatic rings. The van der Waals surface area contributed by atoms with Crippen molar-refractivity contribution in [3.8, 4) is 11.5 Å². The average Bonchev–Trinajstić information content (AvgIpc) is 2.98. The molecule has 0 fully saturated rings. The number of amides is 3. The number of carbonyl (C=O) groups is 3. The van der Waals surface area contributed by atoms with Crippen molar-refractivity contribution in [1.82, 2.24) is 10.2 Å². The summed E-state index contributed by atoms with van der Waals surface area (Å²) in [6.07, 6.45) is 0.524. The molecule has 0 saturated heterocycles. The van der Waals surface area contributed by atoms with E-state index in [4.69, 9.17) is 9.47 Å². The Kier molecular flexibility index (Phi) is 5.05. The first-order valence-electron chi connectivity index (χ1n) is 9.24. The van der Waals surface area contributed by atoms with Gasteiger partial charge >= 0.3 is 0 Å². The maximum absolute atomic E-state index is 12.4. The minimum Gasteiger partial charge on any atom is -0.486 e. The molecule has 2 aliphatic rings. The molecule has 0 aromatic heterocycles. The molecule has 0 aliphatic carbocycles. The lowest BCUT2D eigenvalue weighted by Crippen LogP contribution is -2.40. The van der Waals surface area contributed by atoms with E-state index in [9.17, 15) is 24.5 Å². The van der Waals surface area contributed by atoms with Crippen LogP contribution in [0.5, 0.6) is 11.5 Å². The van der Waals surface area contributed by atoms with E-state index in [2.05, 4.69) is 5.32 Å². The zero-order chi connectivity index (χ0) is 21.3. The third kappa shape index (κ3) is 3.66. The molecule has 10 heteroatoms. The number of nitrogens with one attached hydrogen (secondary N) is 1. The van der Waals surface area contributed by atoms with E-state index in [1.807, 2.05) is 18.2 Å². The molecule has 0 radical (unpaired) electrons. The van der Waals surface area contributed by atoms with E-state index in [1.54, 1.807) is 0 Å². The molecular weight excluding hydrogens is 394 g/mol. The Morgan fingerprint density at radius 3 is 2.53 bits per heavy atom. The van der Waals surface area contributed by atoms with Gasteiger partial charge in [0.1, 0.15) is 19.8 Å². The standard InChI is InChI=1S/C20H17N3O7/c24-18(21-6-5-12-1-4-16-17(9-12)30-8-7-29-16)11-22-19(25)14-3-2-13(23(27)28)10-15(14)20(22)26/h1-4,9-10H,5-8,11H2,(H,21,24).